The van der Waals surface area contributed by atoms with E-state index in [0.717, 1.165) is 6.29 Å². The van der Waals surface area contributed by atoms with E-state index in [0.29, 0.717) is 21.7 Å². The SMILES string of the molecule is Cc1c(C=O)ccc(C#N)c1Cl. The summed E-state index contributed by atoms with van der Waals surface area (Å²) in [6, 6.07) is 5.07. The molecule has 0 fully saturated rings. The lowest BCUT2D eigenvalue weighted by molar-refractivity contribution is 0.112. The standard InChI is InChI=1S/C9H6ClNO/c1-6-8(5-12)3-2-7(4-11)9(6)10/h2-3,5H,1H3. The first-order valence-corrected chi connectivity index (χ1v) is 3.73. The van der Waals surface area contributed by atoms with Crippen molar-refractivity contribution < 1.29 is 4.79 Å². The van der Waals surface area contributed by atoms with Gasteiger partial charge < -0.3 is 0 Å². The molecule has 0 spiro atoms. The molecule has 1 aromatic rings. The first kappa shape index (κ1) is 8.76. The molecule has 0 aromatic heterocycles. The molecule has 0 atom stereocenters. The van der Waals surface area contributed by atoms with Crippen LogP contribution in [0.1, 0.15) is 21.5 Å². The molecule has 0 amide bonds. The summed E-state index contributed by atoms with van der Waals surface area (Å²) in [5, 5.41) is 8.95. The fourth-order valence-corrected chi connectivity index (χ4v) is 1.13. The van der Waals surface area contributed by atoms with Crippen molar-refractivity contribution >= 4 is 17.9 Å². The van der Waals surface area contributed by atoms with Crippen LogP contribution in [-0.2, 0) is 0 Å². The second kappa shape index (κ2) is 3.38. The number of carbonyl (C=O) groups excluding carboxylic acids is 1. The van der Waals surface area contributed by atoms with Crippen molar-refractivity contribution in [2.75, 3.05) is 0 Å². The van der Waals surface area contributed by atoms with E-state index in [1.807, 2.05) is 6.07 Å². The highest BCUT2D eigenvalue weighted by molar-refractivity contribution is 6.32. The number of halogens is 1. The zero-order valence-corrected chi connectivity index (χ0v) is 7.22. The minimum absolute atomic E-state index is 0.363. The van der Waals surface area contributed by atoms with Crippen molar-refractivity contribution in [3.8, 4) is 6.07 Å². The van der Waals surface area contributed by atoms with Gasteiger partial charge in [-0.3, -0.25) is 4.79 Å². The van der Waals surface area contributed by atoms with Crippen molar-refractivity contribution in [1.29, 1.82) is 5.26 Å². The molecule has 0 radical (unpaired) electrons. The summed E-state index contributed by atoms with van der Waals surface area (Å²) in [5.41, 5.74) is 1.59. The molecule has 1 rings (SSSR count). The van der Waals surface area contributed by atoms with E-state index in [9.17, 15) is 4.79 Å². The Labute approximate surface area is 75.4 Å². The second-order valence-electron chi connectivity index (χ2n) is 2.37. The fourth-order valence-electron chi connectivity index (χ4n) is 0.914. The Kier molecular flexibility index (Phi) is 2.47. The monoisotopic (exact) mass is 179 g/mol. The Balaban J connectivity index is 3.41. The summed E-state index contributed by atoms with van der Waals surface area (Å²) in [6.45, 7) is 1.72. The lowest BCUT2D eigenvalue weighted by atomic mass is 10.1. The van der Waals surface area contributed by atoms with Crippen LogP contribution in [-0.4, -0.2) is 6.29 Å². The lowest BCUT2D eigenvalue weighted by Gasteiger charge is -2.01. The van der Waals surface area contributed by atoms with Gasteiger partial charge in [0.05, 0.1) is 10.6 Å². The zero-order chi connectivity index (χ0) is 9.14. The molecule has 0 unspecified atom stereocenters. The van der Waals surface area contributed by atoms with Gasteiger partial charge >= 0.3 is 0 Å². The van der Waals surface area contributed by atoms with E-state index < -0.39 is 0 Å². The van der Waals surface area contributed by atoms with E-state index in [1.165, 1.54) is 0 Å². The van der Waals surface area contributed by atoms with E-state index in [1.54, 1.807) is 19.1 Å². The molecule has 0 aliphatic carbocycles. The molecule has 3 heteroatoms. The molecule has 0 saturated heterocycles. The summed E-state index contributed by atoms with van der Waals surface area (Å²) in [4.78, 5) is 10.4. The van der Waals surface area contributed by atoms with Crippen molar-refractivity contribution in [1.82, 2.24) is 0 Å². The highest BCUT2D eigenvalue weighted by atomic mass is 35.5. The Hall–Kier alpha value is -1.33. The van der Waals surface area contributed by atoms with E-state index in [4.69, 9.17) is 16.9 Å². The van der Waals surface area contributed by atoms with Crippen LogP contribution in [0.5, 0.6) is 0 Å². The Morgan fingerprint density at radius 2 is 2.25 bits per heavy atom. The van der Waals surface area contributed by atoms with Crippen LogP contribution in [0.2, 0.25) is 5.02 Å². The Morgan fingerprint density at radius 3 is 2.75 bits per heavy atom. The normalized spacial score (nSPS) is 9.08. The van der Waals surface area contributed by atoms with Crippen LogP contribution in [0.3, 0.4) is 0 Å². The van der Waals surface area contributed by atoms with Crippen LogP contribution < -0.4 is 0 Å². The number of aldehydes is 1. The van der Waals surface area contributed by atoms with Gasteiger partial charge in [0.1, 0.15) is 12.4 Å². The van der Waals surface area contributed by atoms with Gasteiger partial charge in [0.25, 0.3) is 0 Å². The molecule has 0 saturated carbocycles. The maximum Gasteiger partial charge on any atom is 0.150 e. The smallest absolute Gasteiger partial charge is 0.150 e. The van der Waals surface area contributed by atoms with Gasteiger partial charge in [-0.25, -0.2) is 0 Å². The highest BCUT2D eigenvalue weighted by Gasteiger charge is 2.05. The first-order chi connectivity index (χ1) is 5.70. The Morgan fingerprint density at radius 1 is 1.58 bits per heavy atom. The van der Waals surface area contributed by atoms with E-state index in [-0.39, 0.29) is 0 Å². The average molecular weight is 180 g/mol. The summed E-state index contributed by atoms with van der Waals surface area (Å²) in [6.07, 6.45) is 0.725. The third kappa shape index (κ3) is 1.32. The second-order valence-corrected chi connectivity index (χ2v) is 2.75. The number of rotatable bonds is 1. The van der Waals surface area contributed by atoms with Gasteiger partial charge in [-0.15, -0.1) is 0 Å². The van der Waals surface area contributed by atoms with Crippen LogP contribution in [0.4, 0.5) is 0 Å². The van der Waals surface area contributed by atoms with Gasteiger partial charge in [-0.05, 0) is 18.6 Å². The first-order valence-electron chi connectivity index (χ1n) is 3.35. The summed E-state index contributed by atoms with van der Waals surface area (Å²) in [7, 11) is 0. The number of hydrogen-bond donors (Lipinski definition) is 0. The minimum atomic E-state index is 0.363. The van der Waals surface area contributed by atoms with Crippen LogP contribution in [0.15, 0.2) is 12.1 Å². The predicted octanol–water partition coefficient (Wildman–Crippen LogP) is 2.33. The third-order valence-corrected chi connectivity index (χ3v) is 2.16. The molecule has 0 N–H and O–H groups in total. The number of nitriles is 1. The maximum absolute atomic E-state index is 10.4. The van der Waals surface area contributed by atoms with E-state index >= 15 is 0 Å². The van der Waals surface area contributed by atoms with Crippen molar-refractivity contribution in [2.45, 2.75) is 6.92 Å². The van der Waals surface area contributed by atoms with Crippen LogP contribution >= 0.6 is 11.6 Å². The van der Waals surface area contributed by atoms with Gasteiger partial charge in [-0.2, -0.15) is 5.26 Å². The van der Waals surface area contributed by atoms with Gasteiger partial charge in [0.2, 0.25) is 0 Å². The molecule has 0 bridgehead atoms. The fraction of sp³-hybridized carbons (Fsp3) is 0.111. The zero-order valence-electron chi connectivity index (χ0n) is 6.47. The quantitative estimate of drug-likeness (QED) is 0.621. The largest absolute Gasteiger partial charge is 0.298 e. The summed E-state index contributed by atoms with van der Waals surface area (Å²) >= 11 is 5.80. The Bertz CT molecular complexity index is 366. The van der Waals surface area contributed by atoms with Crippen molar-refractivity contribution in [3.05, 3.63) is 33.8 Å². The molecule has 1 aromatic carbocycles. The van der Waals surface area contributed by atoms with Gasteiger partial charge in [0.15, 0.2) is 0 Å². The van der Waals surface area contributed by atoms with Crippen molar-refractivity contribution in [3.63, 3.8) is 0 Å². The average Bonchev–Trinajstić information content (AvgIpc) is 2.10. The third-order valence-electron chi connectivity index (χ3n) is 1.68. The number of hydrogen-bond acceptors (Lipinski definition) is 2. The van der Waals surface area contributed by atoms with Crippen LogP contribution in [0.25, 0.3) is 0 Å². The number of carbonyl (C=O) groups is 1. The molecular weight excluding hydrogens is 174 g/mol. The van der Waals surface area contributed by atoms with Gasteiger partial charge in [-0.1, -0.05) is 17.7 Å². The number of nitrogens with zero attached hydrogens (tertiary/aromatic N) is 1. The molecule has 0 heterocycles. The predicted molar refractivity (Wildman–Crippen MR) is 46.3 cm³/mol. The lowest BCUT2D eigenvalue weighted by Crippen LogP contribution is -1.89. The summed E-state index contributed by atoms with van der Waals surface area (Å²) < 4.78 is 0. The van der Waals surface area contributed by atoms with Crippen molar-refractivity contribution in [2.24, 2.45) is 0 Å². The van der Waals surface area contributed by atoms with E-state index in [2.05, 4.69) is 0 Å². The molecule has 0 aliphatic heterocycles. The van der Waals surface area contributed by atoms with Crippen LogP contribution in [0, 0.1) is 18.3 Å². The molecule has 0 aliphatic rings. The molecule has 2 nitrogen and oxygen atoms in total. The highest BCUT2D eigenvalue weighted by Crippen LogP contribution is 2.22. The molecule has 12 heavy (non-hydrogen) atoms. The minimum Gasteiger partial charge on any atom is -0.298 e. The molecular formula is C9H6ClNO. The molecule has 60 valence electrons. The maximum atomic E-state index is 10.4. The topological polar surface area (TPSA) is 40.9 Å². The number of benzene rings is 1. The van der Waals surface area contributed by atoms with Gasteiger partial charge in [0, 0.05) is 5.56 Å². The summed E-state index contributed by atoms with van der Waals surface area (Å²) in [5.74, 6) is 0.